The van der Waals surface area contributed by atoms with E-state index in [1.54, 1.807) is 0 Å². The van der Waals surface area contributed by atoms with Gasteiger partial charge in [-0.05, 0) is 119 Å². The van der Waals surface area contributed by atoms with Crippen LogP contribution in [0.5, 0.6) is 11.5 Å². The molecule has 0 saturated heterocycles. The summed E-state index contributed by atoms with van der Waals surface area (Å²) in [5, 5.41) is 2.26. The Balaban J connectivity index is 0.00000567. The first-order valence-corrected chi connectivity index (χ1v) is 24.8. The molecule has 6 heteroatoms. The van der Waals surface area contributed by atoms with Gasteiger partial charge in [-0.25, -0.2) is 4.98 Å². The first kappa shape index (κ1) is 48.0. The minimum atomic E-state index is -0.672. The van der Waals surface area contributed by atoms with E-state index in [9.17, 15) is 0 Å². The maximum atomic E-state index is 7.00. The first-order chi connectivity index (χ1) is 32.3. The Morgan fingerprint density at radius 3 is 1.71 bits per heavy atom. The Kier molecular flexibility index (Phi) is 10.8. The molecule has 0 unspecified atom stereocenters. The van der Waals surface area contributed by atoms with Crippen molar-refractivity contribution in [2.45, 2.75) is 136 Å². The number of aromatic nitrogens is 2. The third-order valence-electron chi connectivity index (χ3n) is 15.2. The molecule has 0 saturated carbocycles. The van der Waals surface area contributed by atoms with Crippen LogP contribution < -0.4 is 14.5 Å². The average Bonchev–Trinajstić information content (AvgIpc) is 3.89. The van der Waals surface area contributed by atoms with Crippen LogP contribution in [0.1, 0.15) is 154 Å². The number of ether oxygens (including phenoxy) is 1. The molecule has 0 fully saturated rings. The van der Waals surface area contributed by atoms with Crippen LogP contribution in [0.2, 0.25) is 0 Å². The van der Waals surface area contributed by atoms with Crippen molar-refractivity contribution >= 4 is 38.9 Å². The van der Waals surface area contributed by atoms with Crippen LogP contribution in [-0.4, -0.2) is 16.6 Å². The van der Waals surface area contributed by atoms with Crippen molar-refractivity contribution in [1.82, 2.24) is 9.55 Å². The van der Waals surface area contributed by atoms with Gasteiger partial charge in [0.15, 0.2) is 0 Å². The van der Waals surface area contributed by atoms with Gasteiger partial charge in [0.2, 0.25) is 0 Å². The van der Waals surface area contributed by atoms with Crippen molar-refractivity contribution in [3.63, 3.8) is 0 Å². The summed E-state index contributed by atoms with van der Waals surface area (Å²) in [7, 11) is 2.17. The monoisotopic (exact) mass is 1100 g/mol. The molecule has 1 spiro atoms. The number of pyridine rings is 1. The van der Waals surface area contributed by atoms with Crippen LogP contribution in [0.3, 0.4) is 0 Å². The molecule has 4 heterocycles. The first-order valence-electron chi connectivity index (χ1n) is 24.8. The van der Waals surface area contributed by atoms with Gasteiger partial charge in [-0.2, -0.15) is 18.8 Å². The molecule has 0 radical (unpaired) electrons. The summed E-state index contributed by atoms with van der Waals surface area (Å²) in [5.41, 5.74) is 18.9. The molecule has 0 amide bonds. The van der Waals surface area contributed by atoms with E-state index in [4.69, 9.17) is 9.72 Å². The molecule has 2 aromatic heterocycles. The van der Waals surface area contributed by atoms with Gasteiger partial charge in [-0.3, -0.25) is 0 Å². The van der Waals surface area contributed by atoms with Crippen LogP contribution in [0.15, 0.2) is 109 Å². The number of hydrogen-bond donors (Lipinski definition) is 0. The standard InChI is InChI=1S/C64H67N4O.Pt/c1-59(2,3)38-23-26-43-44-27-24-41(35-53(44)68(52(43)34-38)55-22-17-18-29-65-55)69-42-25-28-47-54(36-42)67-37-66(16)51-21-19-20-48(58(51)67)64(47)56-45(30-39(60(4,5)6)32-49(56)62(10,11)12)46-31-40(61(7,8)9)33-50(57(46)64)63(13,14)15;/h17-34,37H,1-16H3;/q-3;. The number of nitrogens with zero attached hydrogens (tertiary/aromatic N) is 4. The zero-order chi connectivity index (χ0) is 49.1. The van der Waals surface area contributed by atoms with Crippen molar-refractivity contribution in [1.29, 1.82) is 0 Å². The fraction of sp³-hybridized carbons (Fsp3) is 0.344. The normalized spacial score (nSPS) is 15.0. The molecule has 362 valence electrons. The van der Waals surface area contributed by atoms with Crippen molar-refractivity contribution < 1.29 is 25.8 Å². The van der Waals surface area contributed by atoms with Gasteiger partial charge in [-0.15, -0.1) is 35.2 Å². The third kappa shape index (κ3) is 7.14. The van der Waals surface area contributed by atoms with E-state index in [1.807, 2.05) is 18.3 Å². The van der Waals surface area contributed by atoms with Gasteiger partial charge in [0, 0.05) is 61.1 Å². The van der Waals surface area contributed by atoms with Crippen LogP contribution in [0, 0.1) is 18.8 Å². The van der Waals surface area contributed by atoms with E-state index < -0.39 is 5.41 Å². The summed E-state index contributed by atoms with van der Waals surface area (Å²) in [5.74, 6) is 2.10. The van der Waals surface area contributed by atoms with Crippen LogP contribution in [0.25, 0.3) is 38.8 Å². The van der Waals surface area contributed by atoms with Crippen molar-refractivity contribution in [3.8, 4) is 28.4 Å². The second kappa shape index (κ2) is 15.7. The van der Waals surface area contributed by atoms with Crippen LogP contribution in [0.4, 0.5) is 17.1 Å². The Bertz CT molecular complexity index is 3350. The van der Waals surface area contributed by atoms with Gasteiger partial charge >= 0.3 is 0 Å². The zero-order valence-electron chi connectivity index (χ0n) is 44.0. The van der Waals surface area contributed by atoms with Crippen molar-refractivity contribution in [2.75, 3.05) is 16.8 Å². The number of benzene rings is 6. The van der Waals surface area contributed by atoms with E-state index in [-0.39, 0.29) is 48.1 Å². The van der Waals surface area contributed by atoms with Crippen LogP contribution in [-0.2, 0) is 53.6 Å². The van der Waals surface area contributed by atoms with E-state index in [1.165, 1.54) is 72.6 Å². The summed E-state index contributed by atoms with van der Waals surface area (Å²) in [4.78, 5) is 9.49. The van der Waals surface area contributed by atoms with Gasteiger partial charge in [0.1, 0.15) is 5.82 Å². The molecular weight excluding hydrogens is 1040 g/mol. The quantitative estimate of drug-likeness (QED) is 0.165. The van der Waals surface area contributed by atoms with E-state index in [2.05, 4.69) is 235 Å². The predicted octanol–water partition coefficient (Wildman–Crippen LogP) is 16.4. The molecule has 0 bridgehead atoms. The molecular formula is C64H67N4OPt-3. The van der Waals surface area contributed by atoms with Gasteiger partial charge < -0.3 is 19.1 Å². The van der Waals surface area contributed by atoms with Crippen LogP contribution >= 0.6 is 0 Å². The maximum absolute atomic E-state index is 7.00. The average molecular weight is 1100 g/mol. The van der Waals surface area contributed by atoms with Gasteiger partial charge in [-0.1, -0.05) is 170 Å². The van der Waals surface area contributed by atoms with Gasteiger partial charge in [0.25, 0.3) is 0 Å². The fourth-order valence-corrected chi connectivity index (χ4v) is 11.5. The fourth-order valence-electron chi connectivity index (χ4n) is 11.5. The summed E-state index contributed by atoms with van der Waals surface area (Å²) in [6.45, 7) is 37.5. The number of para-hydroxylation sites is 1. The smallest absolute Gasteiger partial charge is 0.135 e. The molecule has 3 aliphatic rings. The topological polar surface area (TPSA) is 33.5 Å². The Morgan fingerprint density at radius 2 is 1.14 bits per heavy atom. The summed E-state index contributed by atoms with van der Waals surface area (Å²) in [6, 6.07) is 46.4. The largest absolute Gasteiger partial charge is 0.509 e. The summed E-state index contributed by atoms with van der Waals surface area (Å²) < 4.78 is 9.22. The molecule has 70 heavy (non-hydrogen) atoms. The Hall–Kier alpha value is -5.64. The van der Waals surface area contributed by atoms with Gasteiger partial charge in [0.05, 0.1) is 0 Å². The second-order valence-corrected chi connectivity index (χ2v) is 25.2. The minimum Gasteiger partial charge on any atom is -0.509 e. The maximum Gasteiger partial charge on any atom is 0.135 e. The van der Waals surface area contributed by atoms with E-state index in [0.717, 1.165) is 33.3 Å². The number of fused-ring (bicyclic) bond motifs is 12. The Morgan fingerprint density at radius 1 is 0.557 bits per heavy atom. The third-order valence-corrected chi connectivity index (χ3v) is 15.2. The number of hydrogen-bond acceptors (Lipinski definition) is 4. The molecule has 0 atom stereocenters. The van der Waals surface area contributed by atoms with E-state index in [0.29, 0.717) is 11.5 Å². The zero-order valence-corrected chi connectivity index (χ0v) is 46.3. The number of rotatable bonds is 3. The molecule has 1 aliphatic carbocycles. The van der Waals surface area contributed by atoms with Crippen molar-refractivity contribution in [2.24, 2.45) is 0 Å². The molecule has 0 N–H and O–H groups in total. The molecule has 8 aromatic rings. The van der Waals surface area contributed by atoms with E-state index >= 15 is 0 Å². The SMILES string of the molecule is CN1[CH-]N2c3[c-]c(Oc4[c-]c5c(cc4)c4ccc(C(C)(C)C)cc4n5-c4ccccn4)ccc3C3(c4cccc1c42)c1c(cc(C(C)(C)C)cc1C(C)(C)C)-c1cc(C(C)(C)C)cc(C(C)(C)C)c13.[Pt]. The minimum absolute atomic E-state index is 0. The predicted molar refractivity (Wildman–Crippen MR) is 288 cm³/mol. The second-order valence-electron chi connectivity index (χ2n) is 25.2. The molecule has 5 nitrogen and oxygen atoms in total. The Labute approximate surface area is 431 Å². The number of anilines is 3. The molecule has 11 rings (SSSR count). The summed E-state index contributed by atoms with van der Waals surface area (Å²) in [6.07, 6.45) is 1.86. The van der Waals surface area contributed by atoms with Crippen molar-refractivity contribution in [3.05, 3.63) is 178 Å². The molecule has 2 aliphatic heterocycles. The summed E-state index contributed by atoms with van der Waals surface area (Å²) >= 11 is 0. The molecule has 6 aromatic carbocycles.